The van der Waals surface area contributed by atoms with Crippen LogP contribution in [0.1, 0.15) is 6.42 Å². The average molecular weight is 160 g/mol. The van der Waals surface area contributed by atoms with Crippen LogP contribution in [0.5, 0.6) is 0 Å². The van der Waals surface area contributed by atoms with E-state index in [1.807, 2.05) is 18.8 Å². The molecule has 3 N–H and O–H groups in total. The van der Waals surface area contributed by atoms with E-state index >= 15 is 0 Å². The summed E-state index contributed by atoms with van der Waals surface area (Å²) in [6, 6.07) is 0. The third-order valence-corrected chi connectivity index (χ3v) is 3.31. The number of primary amides is 1. The largest absolute Gasteiger partial charge is 0.370 e. The van der Waals surface area contributed by atoms with Gasteiger partial charge in [-0.2, -0.15) is 11.8 Å². The molecule has 4 heteroatoms. The van der Waals surface area contributed by atoms with Crippen LogP contribution in [0.15, 0.2) is 0 Å². The van der Waals surface area contributed by atoms with Gasteiger partial charge in [-0.3, -0.25) is 4.79 Å². The molecule has 1 fully saturated rings. The van der Waals surface area contributed by atoms with Crippen LogP contribution in [0.25, 0.3) is 0 Å². The van der Waals surface area contributed by atoms with Crippen LogP contribution < -0.4 is 11.1 Å². The van der Waals surface area contributed by atoms with Gasteiger partial charge in [-0.25, -0.2) is 0 Å². The summed E-state index contributed by atoms with van der Waals surface area (Å²) >= 11 is 1.84. The lowest BCUT2D eigenvalue weighted by molar-refractivity contribution is -0.119. The molecule has 0 saturated carbocycles. The van der Waals surface area contributed by atoms with Crippen molar-refractivity contribution >= 4 is 17.7 Å². The van der Waals surface area contributed by atoms with Gasteiger partial charge in [-0.15, -0.1) is 0 Å². The van der Waals surface area contributed by atoms with Crippen molar-refractivity contribution in [2.24, 2.45) is 5.73 Å². The summed E-state index contributed by atoms with van der Waals surface area (Å²) in [4.78, 5) is 10.5. The van der Waals surface area contributed by atoms with Crippen LogP contribution in [-0.4, -0.2) is 30.0 Å². The fraction of sp³-hybridized carbons (Fsp3) is 0.833. The fourth-order valence-electron chi connectivity index (χ4n) is 1.02. The molecule has 0 radical (unpaired) electrons. The molecule has 0 aliphatic carbocycles. The van der Waals surface area contributed by atoms with Crippen LogP contribution in [0.3, 0.4) is 0 Å². The van der Waals surface area contributed by atoms with Crippen LogP contribution in [-0.2, 0) is 4.79 Å². The molecule has 1 saturated heterocycles. The summed E-state index contributed by atoms with van der Waals surface area (Å²) in [5, 5.41) is 3.12. The van der Waals surface area contributed by atoms with Gasteiger partial charge < -0.3 is 11.1 Å². The zero-order valence-electron chi connectivity index (χ0n) is 6.02. The first-order valence-corrected chi connectivity index (χ1v) is 4.39. The molecule has 1 aliphatic rings. The molecule has 0 aromatic carbocycles. The lowest BCUT2D eigenvalue weighted by atomic mass is 9.99. The van der Waals surface area contributed by atoms with E-state index in [0.717, 1.165) is 11.5 Å². The molecule has 10 heavy (non-hydrogen) atoms. The summed E-state index contributed by atoms with van der Waals surface area (Å²) in [6.45, 7) is 0. The van der Waals surface area contributed by atoms with Gasteiger partial charge in [0.25, 0.3) is 0 Å². The highest BCUT2D eigenvalue weighted by Crippen LogP contribution is 2.31. The minimum absolute atomic E-state index is 0.0243. The maximum absolute atomic E-state index is 10.5. The standard InChI is InChI=1S/C6H12N2OS/c1-8-6(2-5(7)9)3-10-4-6/h8H,2-4H2,1H3,(H2,7,9). The Bertz CT molecular complexity index is 139. The van der Waals surface area contributed by atoms with Crippen molar-refractivity contribution in [3.05, 3.63) is 0 Å². The number of amides is 1. The van der Waals surface area contributed by atoms with Gasteiger partial charge in [-0.1, -0.05) is 0 Å². The Morgan fingerprint density at radius 2 is 2.40 bits per heavy atom. The van der Waals surface area contributed by atoms with E-state index < -0.39 is 0 Å². The molecule has 1 aliphatic heterocycles. The molecule has 1 heterocycles. The van der Waals surface area contributed by atoms with E-state index in [4.69, 9.17) is 5.73 Å². The molecule has 0 bridgehead atoms. The molecule has 1 rings (SSSR count). The molecule has 0 aromatic heterocycles. The molecular formula is C6H12N2OS. The molecule has 3 nitrogen and oxygen atoms in total. The number of hydrogen-bond acceptors (Lipinski definition) is 3. The van der Waals surface area contributed by atoms with Crippen LogP contribution in [0.2, 0.25) is 0 Å². The molecular weight excluding hydrogens is 148 g/mol. The monoisotopic (exact) mass is 160 g/mol. The van der Waals surface area contributed by atoms with E-state index in [-0.39, 0.29) is 11.4 Å². The Balaban J connectivity index is 2.40. The van der Waals surface area contributed by atoms with Crippen molar-refractivity contribution in [2.45, 2.75) is 12.0 Å². The summed E-state index contributed by atoms with van der Waals surface area (Å²) in [6.07, 6.45) is 0.469. The third-order valence-electron chi connectivity index (χ3n) is 1.80. The molecule has 0 spiro atoms. The van der Waals surface area contributed by atoms with Crippen LogP contribution >= 0.6 is 11.8 Å². The quantitative estimate of drug-likeness (QED) is 0.589. The Kier molecular flexibility index (Phi) is 2.21. The highest BCUT2D eigenvalue weighted by atomic mass is 32.2. The minimum atomic E-state index is -0.213. The number of nitrogens with two attached hydrogens (primary N) is 1. The van der Waals surface area contributed by atoms with Crippen molar-refractivity contribution in [3.63, 3.8) is 0 Å². The Labute approximate surface area is 64.7 Å². The summed E-state index contributed by atoms with van der Waals surface area (Å²) < 4.78 is 0. The van der Waals surface area contributed by atoms with E-state index in [1.54, 1.807) is 0 Å². The number of carbonyl (C=O) groups is 1. The van der Waals surface area contributed by atoms with E-state index in [1.165, 1.54) is 0 Å². The lowest BCUT2D eigenvalue weighted by Gasteiger charge is -2.40. The predicted molar refractivity (Wildman–Crippen MR) is 42.9 cm³/mol. The second kappa shape index (κ2) is 2.80. The predicted octanol–water partition coefficient (Wildman–Crippen LogP) is -0.433. The zero-order valence-corrected chi connectivity index (χ0v) is 6.83. The van der Waals surface area contributed by atoms with Gasteiger partial charge in [-0.05, 0) is 7.05 Å². The second-order valence-corrected chi connectivity index (χ2v) is 3.65. The first kappa shape index (κ1) is 7.88. The number of carbonyl (C=O) groups excluding carboxylic acids is 1. The van der Waals surface area contributed by atoms with Gasteiger partial charge in [0.15, 0.2) is 0 Å². The van der Waals surface area contributed by atoms with E-state index in [9.17, 15) is 4.79 Å². The SMILES string of the molecule is CNC1(CC(N)=O)CSC1. The van der Waals surface area contributed by atoms with Crippen molar-refractivity contribution < 1.29 is 4.79 Å². The number of hydrogen-bond donors (Lipinski definition) is 2. The molecule has 0 aromatic rings. The van der Waals surface area contributed by atoms with Crippen molar-refractivity contribution in [1.82, 2.24) is 5.32 Å². The molecule has 58 valence electrons. The Morgan fingerprint density at radius 1 is 1.80 bits per heavy atom. The average Bonchev–Trinajstić information content (AvgIpc) is 1.78. The Hall–Kier alpha value is -0.220. The molecule has 1 amide bonds. The first-order valence-electron chi connectivity index (χ1n) is 3.23. The number of thioether (sulfide) groups is 1. The van der Waals surface area contributed by atoms with Crippen molar-refractivity contribution in [3.8, 4) is 0 Å². The van der Waals surface area contributed by atoms with Gasteiger partial charge >= 0.3 is 0 Å². The summed E-state index contributed by atoms with van der Waals surface area (Å²) in [5.74, 6) is 1.80. The first-order chi connectivity index (χ1) is 4.68. The van der Waals surface area contributed by atoms with Crippen molar-refractivity contribution in [2.75, 3.05) is 18.6 Å². The highest BCUT2D eigenvalue weighted by Gasteiger charge is 2.37. The molecule has 0 atom stereocenters. The Morgan fingerprint density at radius 3 is 2.50 bits per heavy atom. The van der Waals surface area contributed by atoms with E-state index in [0.29, 0.717) is 6.42 Å². The lowest BCUT2D eigenvalue weighted by Crippen LogP contribution is -2.56. The van der Waals surface area contributed by atoms with Crippen molar-refractivity contribution in [1.29, 1.82) is 0 Å². The normalized spacial score (nSPS) is 21.7. The smallest absolute Gasteiger partial charge is 0.219 e. The zero-order chi connectivity index (χ0) is 7.61. The van der Waals surface area contributed by atoms with Gasteiger partial charge in [0, 0.05) is 23.5 Å². The highest BCUT2D eigenvalue weighted by molar-refractivity contribution is 8.00. The topological polar surface area (TPSA) is 55.1 Å². The maximum atomic E-state index is 10.5. The third kappa shape index (κ3) is 1.44. The maximum Gasteiger partial charge on any atom is 0.219 e. The fourth-order valence-corrected chi connectivity index (χ4v) is 2.21. The van der Waals surface area contributed by atoms with E-state index in [2.05, 4.69) is 5.32 Å². The second-order valence-electron chi connectivity index (χ2n) is 2.67. The number of nitrogens with one attached hydrogen (secondary N) is 1. The van der Waals surface area contributed by atoms with Gasteiger partial charge in [0.1, 0.15) is 0 Å². The summed E-state index contributed by atoms with van der Waals surface area (Å²) in [5.41, 5.74) is 5.10. The number of rotatable bonds is 3. The minimum Gasteiger partial charge on any atom is -0.370 e. The van der Waals surface area contributed by atoms with Gasteiger partial charge in [0.05, 0.1) is 0 Å². The summed E-state index contributed by atoms with van der Waals surface area (Å²) in [7, 11) is 1.88. The van der Waals surface area contributed by atoms with Crippen LogP contribution in [0, 0.1) is 0 Å². The molecule has 0 unspecified atom stereocenters. The van der Waals surface area contributed by atoms with Gasteiger partial charge in [0.2, 0.25) is 5.91 Å². The van der Waals surface area contributed by atoms with Crippen LogP contribution in [0.4, 0.5) is 0 Å².